The summed E-state index contributed by atoms with van der Waals surface area (Å²) in [5.41, 5.74) is 0.324. The molecule has 2 fully saturated rings. The molecule has 0 aliphatic carbocycles. The van der Waals surface area contributed by atoms with Crippen molar-refractivity contribution < 1.29 is 24.2 Å². The van der Waals surface area contributed by atoms with E-state index in [9.17, 15) is 14.4 Å². The zero-order valence-corrected chi connectivity index (χ0v) is 15.2. The SMILES string of the molecule is COc1ccc(Cl)cc1C(=O)N1CCCC1C(=O)N1CCC(C(=O)O)C1. The Balaban J connectivity index is 1.78. The first-order valence-electron chi connectivity index (χ1n) is 8.58. The lowest BCUT2D eigenvalue weighted by atomic mass is 10.1. The molecule has 7 nitrogen and oxygen atoms in total. The number of hydrogen-bond acceptors (Lipinski definition) is 4. The van der Waals surface area contributed by atoms with Gasteiger partial charge in [-0.25, -0.2) is 0 Å². The van der Waals surface area contributed by atoms with Gasteiger partial charge in [0.2, 0.25) is 5.91 Å². The van der Waals surface area contributed by atoms with Gasteiger partial charge in [-0.15, -0.1) is 0 Å². The summed E-state index contributed by atoms with van der Waals surface area (Å²) in [5, 5.41) is 9.54. The summed E-state index contributed by atoms with van der Waals surface area (Å²) in [6, 6.07) is 4.23. The van der Waals surface area contributed by atoms with E-state index >= 15 is 0 Å². The summed E-state index contributed by atoms with van der Waals surface area (Å²) < 4.78 is 5.25. The van der Waals surface area contributed by atoms with Gasteiger partial charge in [-0.3, -0.25) is 14.4 Å². The number of halogens is 1. The van der Waals surface area contributed by atoms with Crippen molar-refractivity contribution in [3.05, 3.63) is 28.8 Å². The Morgan fingerprint density at radius 1 is 1.23 bits per heavy atom. The van der Waals surface area contributed by atoms with Crippen LogP contribution in [0.2, 0.25) is 5.02 Å². The number of amides is 2. The summed E-state index contributed by atoms with van der Waals surface area (Å²) in [6.45, 7) is 1.09. The first-order chi connectivity index (χ1) is 12.4. The maximum Gasteiger partial charge on any atom is 0.308 e. The lowest BCUT2D eigenvalue weighted by Crippen LogP contribution is -2.47. The smallest absolute Gasteiger partial charge is 0.308 e. The van der Waals surface area contributed by atoms with E-state index in [1.807, 2.05) is 0 Å². The molecule has 1 aromatic rings. The summed E-state index contributed by atoms with van der Waals surface area (Å²) in [4.78, 5) is 40.1. The molecule has 8 heteroatoms. The number of nitrogens with zero attached hydrogens (tertiary/aromatic N) is 2. The number of ether oxygens (including phenoxy) is 1. The monoisotopic (exact) mass is 380 g/mol. The van der Waals surface area contributed by atoms with Crippen LogP contribution in [0.5, 0.6) is 5.75 Å². The lowest BCUT2D eigenvalue weighted by Gasteiger charge is -2.28. The minimum atomic E-state index is -0.886. The number of rotatable bonds is 4. The third-order valence-electron chi connectivity index (χ3n) is 5.04. The van der Waals surface area contributed by atoms with E-state index in [4.69, 9.17) is 21.4 Å². The molecule has 2 heterocycles. The van der Waals surface area contributed by atoms with E-state index in [-0.39, 0.29) is 18.4 Å². The predicted octanol–water partition coefficient (Wildman–Crippen LogP) is 1.89. The number of likely N-dealkylation sites (tertiary alicyclic amines) is 2. The van der Waals surface area contributed by atoms with E-state index in [1.54, 1.807) is 28.0 Å². The van der Waals surface area contributed by atoms with Gasteiger partial charge in [-0.05, 0) is 37.5 Å². The highest BCUT2D eigenvalue weighted by molar-refractivity contribution is 6.31. The van der Waals surface area contributed by atoms with Crippen LogP contribution in [0, 0.1) is 5.92 Å². The molecule has 0 bridgehead atoms. The van der Waals surface area contributed by atoms with Crippen molar-refractivity contribution in [1.29, 1.82) is 0 Å². The maximum absolute atomic E-state index is 13.0. The Morgan fingerprint density at radius 3 is 2.65 bits per heavy atom. The molecular formula is C18H21ClN2O5. The van der Waals surface area contributed by atoms with Crippen LogP contribution in [0.25, 0.3) is 0 Å². The molecule has 0 aromatic heterocycles. The molecule has 2 aliphatic heterocycles. The van der Waals surface area contributed by atoms with Crippen LogP contribution in [0.15, 0.2) is 18.2 Å². The van der Waals surface area contributed by atoms with Crippen LogP contribution >= 0.6 is 11.6 Å². The van der Waals surface area contributed by atoms with Crippen molar-refractivity contribution in [3.63, 3.8) is 0 Å². The molecule has 0 saturated carbocycles. The fourth-order valence-electron chi connectivity index (χ4n) is 3.64. The predicted molar refractivity (Wildman–Crippen MR) is 94.4 cm³/mol. The van der Waals surface area contributed by atoms with Gasteiger partial charge < -0.3 is 19.6 Å². The number of methoxy groups -OCH3 is 1. The highest BCUT2D eigenvalue weighted by Crippen LogP contribution is 2.29. The summed E-state index contributed by atoms with van der Waals surface area (Å²) in [5.74, 6) is -1.49. The molecule has 2 atom stereocenters. The molecule has 3 rings (SSSR count). The fourth-order valence-corrected chi connectivity index (χ4v) is 3.81. The first-order valence-corrected chi connectivity index (χ1v) is 8.96. The maximum atomic E-state index is 13.0. The molecule has 2 saturated heterocycles. The number of carboxylic acids is 1. The van der Waals surface area contributed by atoms with Gasteiger partial charge in [0.25, 0.3) is 5.91 Å². The Hall–Kier alpha value is -2.28. The standard InChI is InChI=1S/C18H21ClN2O5/c1-26-15-5-4-12(19)9-13(15)16(22)21-7-2-3-14(21)17(23)20-8-6-11(10-20)18(24)25/h4-5,9,11,14H,2-3,6-8,10H2,1H3,(H,24,25). The average molecular weight is 381 g/mol. The molecule has 2 amide bonds. The van der Waals surface area contributed by atoms with Gasteiger partial charge in [-0.1, -0.05) is 11.6 Å². The Kier molecular flexibility index (Phi) is 5.36. The lowest BCUT2D eigenvalue weighted by molar-refractivity contribution is -0.141. The normalized spacial score (nSPS) is 22.5. The molecular weight excluding hydrogens is 360 g/mol. The molecule has 1 N–H and O–H groups in total. The van der Waals surface area contributed by atoms with Gasteiger partial charge in [0, 0.05) is 24.7 Å². The number of carbonyl (C=O) groups excluding carboxylic acids is 2. The zero-order valence-electron chi connectivity index (χ0n) is 14.5. The second kappa shape index (κ2) is 7.53. The molecule has 140 valence electrons. The van der Waals surface area contributed by atoms with Crippen molar-refractivity contribution in [2.45, 2.75) is 25.3 Å². The number of carboxylic acid groups (broad SMARTS) is 1. The molecule has 2 unspecified atom stereocenters. The second-order valence-electron chi connectivity index (χ2n) is 6.61. The average Bonchev–Trinajstić information content (AvgIpc) is 3.30. The Morgan fingerprint density at radius 2 is 2.00 bits per heavy atom. The summed E-state index contributed by atoms with van der Waals surface area (Å²) in [6.07, 6.45) is 1.74. The summed E-state index contributed by atoms with van der Waals surface area (Å²) in [7, 11) is 1.48. The number of aliphatic carboxylic acids is 1. The van der Waals surface area contributed by atoms with Crippen molar-refractivity contribution in [1.82, 2.24) is 9.80 Å². The molecule has 1 aromatic carbocycles. The van der Waals surface area contributed by atoms with Crippen molar-refractivity contribution >= 4 is 29.4 Å². The van der Waals surface area contributed by atoms with Crippen LogP contribution in [-0.4, -0.2) is 65.5 Å². The van der Waals surface area contributed by atoms with E-state index in [0.717, 1.165) is 6.42 Å². The second-order valence-corrected chi connectivity index (χ2v) is 7.05. The zero-order chi connectivity index (χ0) is 18.8. The van der Waals surface area contributed by atoms with Gasteiger partial charge in [-0.2, -0.15) is 0 Å². The topological polar surface area (TPSA) is 87.2 Å². The van der Waals surface area contributed by atoms with E-state index in [0.29, 0.717) is 42.3 Å². The van der Waals surface area contributed by atoms with Crippen molar-refractivity contribution in [3.8, 4) is 5.75 Å². The minimum Gasteiger partial charge on any atom is -0.496 e. The first kappa shape index (κ1) is 18.5. The Bertz CT molecular complexity index is 738. The molecule has 0 spiro atoms. The van der Waals surface area contributed by atoms with E-state index in [2.05, 4.69) is 0 Å². The van der Waals surface area contributed by atoms with Crippen LogP contribution in [-0.2, 0) is 9.59 Å². The molecule has 2 aliphatic rings. The van der Waals surface area contributed by atoms with E-state index < -0.39 is 17.9 Å². The Labute approximate surface area is 156 Å². The van der Waals surface area contributed by atoms with Crippen LogP contribution in [0.4, 0.5) is 0 Å². The van der Waals surface area contributed by atoms with Crippen molar-refractivity contribution in [2.24, 2.45) is 5.92 Å². The van der Waals surface area contributed by atoms with Gasteiger partial charge in [0.1, 0.15) is 11.8 Å². The highest BCUT2D eigenvalue weighted by atomic mass is 35.5. The number of hydrogen-bond donors (Lipinski definition) is 1. The molecule has 26 heavy (non-hydrogen) atoms. The van der Waals surface area contributed by atoms with Crippen molar-refractivity contribution in [2.75, 3.05) is 26.7 Å². The van der Waals surface area contributed by atoms with Crippen LogP contribution in [0.3, 0.4) is 0 Å². The van der Waals surface area contributed by atoms with Crippen LogP contribution in [0.1, 0.15) is 29.6 Å². The van der Waals surface area contributed by atoms with Gasteiger partial charge in [0.05, 0.1) is 18.6 Å². The minimum absolute atomic E-state index is 0.180. The molecule has 0 radical (unpaired) electrons. The third-order valence-corrected chi connectivity index (χ3v) is 5.27. The number of carbonyl (C=O) groups is 3. The highest BCUT2D eigenvalue weighted by Gasteiger charge is 2.40. The quantitative estimate of drug-likeness (QED) is 0.861. The largest absolute Gasteiger partial charge is 0.496 e. The van der Waals surface area contributed by atoms with Gasteiger partial charge >= 0.3 is 5.97 Å². The van der Waals surface area contributed by atoms with Gasteiger partial charge in [0.15, 0.2) is 0 Å². The van der Waals surface area contributed by atoms with Crippen LogP contribution < -0.4 is 4.74 Å². The number of benzene rings is 1. The van der Waals surface area contributed by atoms with E-state index in [1.165, 1.54) is 7.11 Å². The third kappa shape index (κ3) is 3.49. The summed E-state index contributed by atoms with van der Waals surface area (Å²) >= 11 is 6.02. The fraction of sp³-hybridized carbons (Fsp3) is 0.500.